The summed E-state index contributed by atoms with van der Waals surface area (Å²) in [6.07, 6.45) is 0. The third-order valence-electron chi connectivity index (χ3n) is 4.09. The molecule has 0 spiro atoms. The van der Waals surface area contributed by atoms with E-state index in [-0.39, 0.29) is 23.1 Å². The van der Waals surface area contributed by atoms with E-state index in [0.717, 1.165) is 10.0 Å². The third kappa shape index (κ3) is 5.23. The molecule has 0 saturated heterocycles. The highest BCUT2D eigenvalue weighted by Gasteiger charge is 2.14. The number of aromatic nitrogens is 2. The first-order valence-corrected chi connectivity index (χ1v) is 10.9. The molecule has 0 aliphatic carbocycles. The van der Waals surface area contributed by atoms with E-state index in [1.165, 1.54) is 11.8 Å². The molecular formula is C21H22BrN3O2S. The van der Waals surface area contributed by atoms with Crippen LogP contribution in [0.4, 0.5) is 0 Å². The van der Waals surface area contributed by atoms with Crippen LogP contribution in [0.5, 0.6) is 0 Å². The van der Waals surface area contributed by atoms with Crippen LogP contribution in [0.3, 0.4) is 0 Å². The minimum Gasteiger partial charge on any atom is -0.351 e. The third-order valence-corrected chi connectivity index (χ3v) is 5.56. The number of hydrogen-bond donors (Lipinski definition) is 1. The minimum absolute atomic E-state index is 0.0767. The summed E-state index contributed by atoms with van der Waals surface area (Å²) < 4.78 is 2.52. The molecule has 0 bridgehead atoms. The van der Waals surface area contributed by atoms with Crippen LogP contribution in [-0.2, 0) is 17.9 Å². The fourth-order valence-corrected chi connectivity index (χ4v) is 3.99. The highest BCUT2D eigenvalue weighted by molar-refractivity contribution is 9.10. The van der Waals surface area contributed by atoms with Crippen LogP contribution in [0.2, 0.25) is 0 Å². The normalized spacial score (nSPS) is 11.1. The molecule has 0 atom stereocenters. The summed E-state index contributed by atoms with van der Waals surface area (Å²) in [4.78, 5) is 29.9. The summed E-state index contributed by atoms with van der Waals surface area (Å²) in [6.45, 7) is 5.15. The molecule has 1 amide bonds. The number of nitrogens with one attached hydrogen (secondary N) is 1. The van der Waals surface area contributed by atoms with Crippen molar-refractivity contribution in [3.8, 4) is 0 Å². The van der Waals surface area contributed by atoms with Gasteiger partial charge in [-0.2, -0.15) is 0 Å². The molecule has 7 heteroatoms. The predicted molar refractivity (Wildman–Crippen MR) is 118 cm³/mol. The van der Waals surface area contributed by atoms with E-state index < -0.39 is 0 Å². The van der Waals surface area contributed by atoms with Gasteiger partial charge in [0, 0.05) is 17.6 Å². The quantitative estimate of drug-likeness (QED) is 0.424. The smallest absolute Gasteiger partial charge is 0.262 e. The van der Waals surface area contributed by atoms with Gasteiger partial charge in [-0.3, -0.25) is 14.2 Å². The van der Waals surface area contributed by atoms with Crippen LogP contribution >= 0.6 is 27.7 Å². The van der Waals surface area contributed by atoms with Gasteiger partial charge in [-0.25, -0.2) is 4.98 Å². The Morgan fingerprint density at radius 1 is 1.21 bits per heavy atom. The summed E-state index contributed by atoms with van der Waals surface area (Å²) in [5.74, 6) is 0.407. The molecule has 146 valence electrons. The van der Waals surface area contributed by atoms with Gasteiger partial charge in [0.05, 0.1) is 16.7 Å². The van der Waals surface area contributed by atoms with E-state index in [4.69, 9.17) is 0 Å². The molecule has 5 nitrogen and oxygen atoms in total. The van der Waals surface area contributed by atoms with Crippen LogP contribution in [0, 0.1) is 5.92 Å². The van der Waals surface area contributed by atoms with Crippen LogP contribution in [0.25, 0.3) is 10.9 Å². The van der Waals surface area contributed by atoms with Crippen molar-refractivity contribution in [2.24, 2.45) is 5.92 Å². The minimum atomic E-state index is -0.0879. The summed E-state index contributed by atoms with van der Waals surface area (Å²) in [5.41, 5.74) is 1.61. The van der Waals surface area contributed by atoms with Crippen LogP contribution in [0.1, 0.15) is 19.4 Å². The number of hydrogen-bond acceptors (Lipinski definition) is 4. The van der Waals surface area contributed by atoms with Crippen molar-refractivity contribution in [1.82, 2.24) is 14.9 Å². The summed E-state index contributed by atoms with van der Waals surface area (Å²) in [7, 11) is 0. The summed E-state index contributed by atoms with van der Waals surface area (Å²) in [5, 5.41) is 4.06. The lowest BCUT2D eigenvalue weighted by Gasteiger charge is -2.15. The van der Waals surface area contributed by atoms with Crippen molar-refractivity contribution < 1.29 is 4.79 Å². The molecule has 0 aliphatic heterocycles. The van der Waals surface area contributed by atoms with Gasteiger partial charge in [-0.05, 0) is 29.7 Å². The van der Waals surface area contributed by atoms with Crippen molar-refractivity contribution in [3.63, 3.8) is 0 Å². The van der Waals surface area contributed by atoms with Crippen molar-refractivity contribution >= 4 is 44.5 Å². The second-order valence-electron chi connectivity index (χ2n) is 6.92. The summed E-state index contributed by atoms with van der Waals surface area (Å²) in [6, 6.07) is 15.2. The summed E-state index contributed by atoms with van der Waals surface area (Å²) >= 11 is 4.71. The number of fused-ring (bicyclic) bond motifs is 1. The molecule has 0 saturated carbocycles. The number of halogens is 1. The SMILES string of the molecule is CC(C)Cn1c(SCC(=O)NCc2ccccc2)nc2ccc(Br)cc2c1=O. The van der Waals surface area contributed by atoms with Crippen molar-refractivity contribution in [3.05, 3.63) is 68.9 Å². The van der Waals surface area contributed by atoms with Gasteiger partial charge in [-0.15, -0.1) is 0 Å². The lowest BCUT2D eigenvalue weighted by atomic mass is 10.2. The van der Waals surface area contributed by atoms with Crippen LogP contribution in [-0.4, -0.2) is 21.2 Å². The second-order valence-corrected chi connectivity index (χ2v) is 8.77. The lowest BCUT2D eigenvalue weighted by Crippen LogP contribution is -2.27. The predicted octanol–water partition coefficient (Wildman–Crippen LogP) is 4.22. The Hall–Kier alpha value is -2.12. The zero-order chi connectivity index (χ0) is 20.1. The Labute approximate surface area is 176 Å². The van der Waals surface area contributed by atoms with E-state index in [1.807, 2.05) is 42.5 Å². The zero-order valence-corrected chi connectivity index (χ0v) is 18.2. The molecule has 3 aromatic rings. The fourth-order valence-electron chi connectivity index (χ4n) is 2.79. The number of rotatable bonds is 7. The number of nitrogens with zero attached hydrogens (tertiary/aromatic N) is 2. The van der Waals surface area contributed by atoms with Crippen LogP contribution < -0.4 is 10.9 Å². The average molecular weight is 460 g/mol. The molecule has 1 N–H and O–H groups in total. The first-order chi connectivity index (χ1) is 13.4. The number of carbonyl (C=O) groups excluding carboxylic acids is 1. The highest BCUT2D eigenvalue weighted by Crippen LogP contribution is 2.21. The Kier molecular flexibility index (Phi) is 6.91. The van der Waals surface area contributed by atoms with Crippen molar-refractivity contribution in [2.45, 2.75) is 32.1 Å². The van der Waals surface area contributed by atoms with Gasteiger partial charge in [0.2, 0.25) is 5.91 Å². The van der Waals surface area contributed by atoms with Gasteiger partial charge in [0.25, 0.3) is 5.56 Å². The van der Waals surface area contributed by atoms with Crippen molar-refractivity contribution in [1.29, 1.82) is 0 Å². The molecule has 0 radical (unpaired) electrons. The van der Waals surface area contributed by atoms with Gasteiger partial charge in [0.15, 0.2) is 5.16 Å². The molecule has 3 rings (SSSR count). The van der Waals surface area contributed by atoms with E-state index >= 15 is 0 Å². The molecule has 0 fully saturated rings. The topological polar surface area (TPSA) is 64.0 Å². The van der Waals surface area contributed by atoms with E-state index in [9.17, 15) is 9.59 Å². The van der Waals surface area contributed by atoms with Gasteiger partial charge < -0.3 is 5.32 Å². The van der Waals surface area contributed by atoms with Gasteiger partial charge >= 0.3 is 0 Å². The first kappa shape index (κ1) is 20.6. The average Bonchev–Trinajstić information content (AvgIpc) is 2.68. The maximum absolute atomic E-state index is 13.0. The number of amides is 1. The highest BCUT2D eigenvalue weighted by atomic mass is 79.9. The first-order valence-electron chi connectivity index (χ1n) is 9.07. The molecule has 28 heavy (non-hydrogen) atoms. The number of benzene rings is 2. The standard InChI is InChI=1S/C21H22BrN3O2S/c1-14(2)12-25-20(27)17-10-16(22)8-9-18(17)24-21(25)28-13-19(26)23-11-15-6-4-3-5-7-15/h3-10,14H,11-13H2,1-2H3,(H,23,26). The van der Waals surface area contributed by atoms with Crippen LogP contribution in [0.15, 0.2) is 63.0 Å². The van der Waals surface area contributed by atoms with E-state index in [2.05, 4.69) is 40.1 Å². The molecule has 0 aliphatic rings. The molecule has 1 aromatic heterocycles. The van der Waals surface area contributed by atoms with E-state index in [0.29, 0.717) is 29.1 Å². The Morgan fingerprint density at radius 2 is 1.96 bits per heavy atom. The number of carbonyl (C=O) groups is 1. The second kappa shape index (κ2) is 9.39. The fraction of sp³-hybridized carbons (Fsp3) is 0.286. The Balaban J connectivity index is 1.78. The van der Waals surface area contributed by atoms with Crippen molar-refractivity contribution in [2.75, 3.05) is 5.75 Å². The van der Waals surface area contributed by atoms with E-state index in [1.54, 1.807) is 10.6 Å². The zero-order valence-electron chi connectivity index (χ0n) is 15.8. The molecule has 1 heterocycles. The molecule has 0 unspecified atom stereocenters. The Morgan fingerprint density at radius 3 is 2.68 bits per heavy atom. The Bertz CT molecular complexity index is 1030. The van der Waals surface area contributed by atoms with Gasteiger partial charge in [0.1, 0.15) is 0 Å². The maximum atomic E-state index is 13.0. The monoisotopic (exact) mass is 459 g/mol. The molecular weight excluding hydrogens is 438 g/mol. The van der Waals surface area contributed by atoms with Gasteiger partial charge in [-0.1, -0.05) is 71.9 Å². The number of thioether (sulfide) groups is 1. The molecule has 2 aromatic carbocycles. The maximum Gasteiger partial charge on any atom is 0.262 e. The largest absolute Gasteiger partial charge is 0.351 e. The lowest BCUT2D eigenvalue weighted by molar-refractivity contribution is -0.118.